The smallest absolute Gasteiger partial charge is 0.175 e. The van der Waals surface area contributed by atoms with Crippen LogP contribution in [0.5, 0.6) is 0 Å². The van der Waals surface area contributed by atoms with E-state index in [2.05, 4.69) is 24.3 Å². The fourth-order valence-corrected chi connectivity index (χ4v) is 3.61. The zero-order valence-electron chi connectivity index (χ0n) is 12.0. The van der Waals surface area contributed by atoms with Gasteiger partial charge < -0.3 is 5.73 Å². The summed E-state index contributed by atoms with van der Waals surface area (Å²) < 4.78 is 22.9. The van der Waals surface area contributed by atoms with E-state index in [1.807, 2.05) is 12.1 Å². The lowest BCUT2D eigenvalue weighted by molar-refractivity contribution is 0.498. The van der Waals surface area contributed by atoms with Gasteiger partial charge in [0.25, 0.3) is 0 Å². The van der Waals surface area contributed by atoms with Crippen molar-refractivity contribution in [1.82, 2.24) is 0 Å². The van der Waals surface area contributed by atoms with Gasteiger partial charge in [0.2, 0.25) is 0 Å². The highest BCUT2D eigenvalue weighted by atomic mass is 32.2. The van der Waals surface area contributed by atoms with E-state index in [1.165, 1.54) is 17.4 Å². The Kier molecular flexibility index (Phi) is 3.59. The van der Waals surface area contributed by atoms with Gasteiger partial charge in [0, 0.05) is 12.3 Å². The molecule has 21 heavy (non-hydrogen) atoms. The summed E-state index contributed by atoms with van der Waals surface area (Å²) in [5, 5.41) is 0. The van der Waals surface area contributed by atoms with E-state index in [0.717, 1.165) is 18.4 Å². The highest BCUT2D eigenvalue weighted by molar-refractivity contribution is 7.90. The molecule has 110 valence electrons. The Morgan fingerprint density at radius 3 is 2.43 bits per heavy atom. The van der Waals surface area contributed by atoms with Crippen molar-refractivity contribution in [1.29, 1.82) is 0 Å². The molecule has 2 aromatic rings. The Morgan fingerprint density at radius 2 is 1.81 bits per heavy atom. The van der Waals surface area contributed by atoms with Crippen molar-refractivity contribution >= 4 is 9.84 Å². The zero-order valence-corrected chi connectivity index (χ0v) is 12.8. The Balaban J connectivity index is 1.71. The molecule has 2 unspecified atom stereocenters. The average molecular weight is 301 g/mol. The van der Waals surface area contributed by atoms with Gasteiger partial charge in [-0.25, -0.2) is 8.42 Å². The molecule has 2 atom stereocenters. The Bertz CT molecular complexity index is 751. The summed E-state index contributed by atoms with van der Waals surface area (Å²) >= 11 is 0. The van der Waals surface area contributed by atoms with Crippen molar-refractivity contribution in [2.45, 2.75) is 29.7 Å². The predicted molar refractivity (Wildman–Crippen MR) is 84.0 cm³/mol. The molecule has 0 fully saturated rings. The molecule has 1 aliphatic carbocycles. The van der Waals surface area contributed by atoms with Crippen LogP contribution < -0.4 is 5.73 Å². The van der Waals surface area contributed by atoms with Gasteiger partial charge in [-0.1, -0.05) is 36.4 Å². The normalized spacial score (nSPS) is 18.7. The highest BCUT2D eigenvalue weighted by Crippen LogP contribution is 2.40. The molecular formula is C17H19NO2S. The molecule has 3 nitrogen and oxygen atoms in total. The van der Waals surface area contributed by atoms with Crippen LogP contribution in [0.15, 0.2) is 53.4 Å². The van der Waals surface area contributed by atoms with Crippen LogP contribution in [0.4, 0.5) is 0 Å². The molecule has 0 heterocycles. The largest absolute Gasteiger partial charge is 0.324 e. The van der Waals surface area contributed by atoms with Crippen LogP contribution >= 0.6 is 0 Å². The van der Waals surface area contributed by atoms with E-state index in [9.17, 15) is 8.42 Å². The molecule has 0 spiro atoms. The molecule has 0 aliphatic heterocycles. The first kappa shape index (κ1) is 14.3. The second kappa shape index (κ2) is 5.28. The lowest BCUT2D eigenvalue weighted by atomic mass is 9.74. The maximum Gasteiger partial charge on any atom is 0.175 e. The molecule has 0 radical (unpaired) electrons. The third-order valence-electron chi connectivity index (χ3n) is 4.24. The highest BCUT2D eigenvalue weighted by Gasteiger charge is 2.27. The van der Waals surface area contributed by atoms with Crippen LogP contribution in [0, 0.1) is 0 Å². The molecular weight excluding hydrogens is 282 g/mol. The van der Waals surface area contributed by atoms with Gasteiger partial charge in [0.15, 0.2) is 9.84 Å². The summed E-state index contributed by atoms with van der Waals surface area (Å²) in [6.07, 6.45) is 3.20. The van der Waals surface area contributed by atoms with Gasteiger partial charge >= 0.3 is 0 Å². The molecule has 0 amide bonds. The van der Waals surface area contributed by atoms with Crippen molar-refractivity contribution in [3.8, 4) is 0 Å². The number of nitrogens with two attached hydrogens (primary N) is 1. The van der Waals surface area contributed by atoms with Crippen molar-refractivity contribution in [2.75, 3.05) is 6.26 Å². The van der Waals surface area contributed by atoms with Crippen molar-refractivity contribution in [3.63, 3.8) is 0 Å². The van der Waals surface area contributed by atoms with Crippen LogP contribution in [-0.2, 0) is 16.3 Å². The standard InChI is InChI=1S/C17H19NO2S/c1-21(19,20)15-8-6-12(7-9-15)17(18)11-14-10-13-4-2-3-5-16(13)14/h2-9,14,17H,10-11,18H2,1H3. The summed E-state index contributed by atoms with van der Waals surface area (Å²) in [5.41, 5.74) is 10.1. The van der Waals surface area contributed by atoms with E-state index in [0.29, 0.717) is 10.8 Å². The minimum absolute atomic E-state index is 0.0584. The molecule has 2 N–H and O–H groups in total. The summed E-state index contributed by atoms with van der Waals surface area (Å²) in [6.45, 7) is 0. The van der Waals surface area contributed by atoms with Gasteiger partial charge in [-0.3, -0.25) is 0 Å². The Morgan fingerprint density at radius 1 is 1.14 bits per heavy atom. The van der Waals surface area contributed by atoms with Crippen molar-refractivity contribution in [2.24, 2.45) is 5.73 Å². The van der Waals surface area contributed by atoms with Crippen LogP contribution in [0.1, 0.15) is 35.1 Å². The summed E-state index contributed by atoms with van der Waals surface area (Å²) in [7, 11) is -3.14. The number of fused-ring (bicyclic) bond motifs is 1. The molecule has 1 aliphatic rings. The molecule has 0 bridgehead atoms. The molecule has 3 rings (SSSR count). The minimum atomic E-state index is -3.14. The molecule has 4 heteroatoms. The maximum atomic E-state index is 11.5. The first-order valence-electron chi connectivity index (χ1n) is 7.08. The fraction of sp³-hybridized carbons (Fsp3) is 0.294. The van der Waals surface area contributed by atoms with Crippen LogP contribution in [-0.4, -0.2) is 14.7 Å². The van der Waals surface area contributed by atoms with Crippen LogP contribution in [0.2, 0.25) is 0 Å². The van der Waals surface area contributed by atoms with E-state index in [-0.39, 0.29) is 6.04 Å². The van der Waals surface area contributed by atoms with Gasteiger partial charge in [-0.05, 0) is 47.6 Å². The van der Waals surface area contributed by atoms with Crippen molar-refractivity contribution in [3.05, 3.63) is 65.2 Å². The van der Waals surface area contributed by atoms with E-state index < -0.39 is 9.84 Å². The molecule has 0 aromatic heterocycles. The monoisotopic (exact) mass is 301 g/mol. The molecule has 0 saturated carbocycles. The van der Waals surface area contributed by atoms with Crippen LogP contribution in [0.25, 0.3) is 0 Å². The third kappa shape index (κ3) is 2.87. The Hall–Kier alpha value is -1.65. The predicted octanol–water partition coefficient (Wildman–Crippen LogP) is 2.82. The second-order valence-corrected chi connectivity index (χ2v) is 7.80. The number of benzene rings is 2. The number of hydrogen-bond acceptors (Lipinski definition) is 3. The summed E-state index contributed by atoms with van der Waals surface area (Å²) in [6, 6.07) is 15.3. The zero-order chi connectivity index (χ0) is 15.0. The lowest BCUT2D eigenvalue weighted by Crippen LogP contribution is -2.22. The second-order valence-electron chi connectivity index (χ2n) is 5.78. The maximum absolute atomic E-state index is 11.5. The van der Waals surface area contributed by atoms with Gasteiger partial charge in [-0.15, -0.1) is 0 Å². The minimum Gasteiger partial charge on any atom is -0.324 e. The number of hydrogen-bond donors (Lipinski definition) is 1. The number of sulfone groups is 1. The SMILES string of the molecule is CS(=O)(=O)c1ccc(C(N)CC2Cc3ccccc32)cc1. The first-order valence-corrected chi connectivity index (χ1v) is 8.97. The molecule has 2 aromatic carbocycles. The van der Waals surface area contributed by atoms with Gasteiger partial charge in [-0.2, -0.15) is 0 Å². The third-order valence-corrected chi connectivity index (χ3v) is 5.36. The molecule has 0 saturated heterocycles. The van der Waals surface area contributed by atoms with Crippen LogP contribution in [0.3, 0.4) is 0 Å². The van der Waals surface area contributed by atoms with Gasteiger partial charge in [0.1, 0.15) is 0 Å². The topological polar surface area (TPSA) is 60.2 Å². The van der Waals surface area contributed by atoms with E-state index in [1.54, 1.807) is 12.1 Å². The first-order chi connectivity index (χ1) is 9.95. The number of rotatable bonds is 4. The summed E-state index contributed by atoms with van der Waals surface area (Å²) in [4.78, 5) is 0.340. The summed E-state index contributed by atoms with van der Waals surface area (Å²) in [5.74, 6) is 0.519. The fourth-order valence-electron chi connectivity index (χ4n) is 2.98. The van der Waals surface area contributed by atoms with E-state index in [4.69, 9.17) is 5.73 Å². The Labute approximate surface area is 125 Å². The van der Waals surface area contributed by atoms with Gasteiger partial charge in [0.05, 0.1) is 4.90 Å². The van der Waals surface area contributed by atoms with Crippen molar-refractivity contribution < 1.29 is 8.42 Å². The lowest BCUT2D eigenvalue weighted by Gasteiger charge is -2.32. The quantitative estimate of drug-likeness (QED) is 0.944. The average Bonchev–Trinajstić information content (AvgIpc) is 2.44. The van der Waals surface area contributed by atoms with E-state index >= 15 is 0 Å².